The fourth-order valence-electron chi connectivity index (χ4n) is 1.27. The summed E-state index contributed by atoms with van der Waals surface area (Å²) in [7, 11) is 0. The molecule has 1 atom stereocenters. The van der Waals surface area contributed by atoms with Crippen molar-refractivity contribution in [1.29, 1.82) is 0 Å². The van der Waals surface area contributed by atoms with E-state index in [2.05, 4.69) is 16.0 Å². The number of nitrogens with two attached hydrogens (primary N) is 1. The average Bonchev–Trinajstić information content (AvgIpc) is 1.77. The molecule has 0 spiro atoms. The van der Waals surface area contributed by atoms with Crippen molar-refractivity contribution < 1.29 is 4.79 Å². The van der Waals surface area contributed by atoms with Crippen LogP contribution in [0, 0.1) is 0 Å². The normalized spacial score (nSPS) is 26.9. The monoisotopic (exact) mass is 200 g/mol. The van der Waals surface area contributed by atoms with Gasteiger partial charge in [0.05, 0.1) is 0 Å². The second kappa shape index (κ2) is 3.21. The zero-order valence-electron chi connectivity index (χ0n) is 7.47. The third-order valence-corrected chi connectivity index (χ3v) is 1.78. The van der Waals surface area contributed by atoms with Gasteiger partial charge in [-0.25, -0.2) is 4.79 Å². The lowest BCUT2D eigenvalue weighted by atomic mass is 10.1. The van der Waals surface area contributed by atoms with Gasteiger partial charge in [-0.2, -0.15) is 0 Å². The number of hydrogen-bond donors (Lipinski definition) is 4. The summed E-state index contributed by atoms with van der Waals surface area (Å²) in [5.74, 6) is 0. The largest absolute Gasteiger partial charge is 0.352 e. The van der Waals surface area contributed by atoms with E-state index in [1.165, 1.54) is 0 Å². The van der Waals surface area contributed by atoms with E-state index in [4.69, 9.17) is 18.0 Å². The van der Waals surface area contributed by atoms with Crippen LogP contribution < -0.4 is 21.7 Å². The van der Waals surface area contributed by atoms with Crippen LogP contribution in [0.5, 0.6) is 0 Å². The van der Waals surface area contributed by atoms with Crippen LogP contribution in [0.25, 0.3) is 0 Å². The Morgan fingerprint density at radius 2 is 2.38 bits per heavy atom. The molecule has 0 aromatic heterocycles. The Labute approximate surface area is 81.7 Å². The third-order valence-electron chi connectivity index (χ3n) is 1.57. The molecule has 13 heavy (non-hydrogen) atoms. The Bertz CT molecular complexity index is 288. The molecule has 1 aliphatic rings. The third kappa shape index (κ3) is 2.59. The van der Waals surface area contributed by atoms with Crippen molar-refractivity contribution in [2.45, 2.75) is 19.5 Å². The molecule has 1 aliphatic heterocycles. The predicted octanol–water partition coefficient (Wildman–Crippen LogP) is -0.248. The molecule has 72 valence electrons. The van der Waals surface area contributed by atoms with Crippen molar-refractivity contribution >= 4 is 23.4 Å². The molecule has 0 saturated carbocycles. The lowest BCUT2D eigenvalue weighted by Crippen LogP contribution is -2.63. The predicted molar refractivity (Wildman–Crippen MR) is 53.8 cm³/mol. The molecule has 2 amide bonds. The van der Waals surface area contributed by atoms with E-state index >= 15 is 0 Å². The molecule has 6 heteroatoms. The second-order valence-corrected chi connectivity index (χ2v) is 3.51. The number of hydrogen-bond acceptors (Lipinski definition) is 2. The van der Waals surface area contributed by atoms with Crippen LogP contribution in [-0.4, -0.2) is 16.8 Å². The molecule has 5 nitrogen and oxygen atoms in total. The van der Waals surface area contributed by atoms with Gasteiger partial charge in [-0.1, -0.05) is 0 Å². The molecule has 0 aliphatic carbocycles. The van der Waals surface area contributed by atoms with Crippen LogP contribution >= 0.6 is 12.2 Å². The van der Waals surface area contributed by atoms with Crippen molar-refractivity contribution in [3.63, 3.8) is 0 Å². The Balaban J connectivity index is 2.83. The van der Waals surface area contributed by atoms with Gasteiger partial charge in [0.25, 0.3) is 0 Å². The maximum atomic E-state index is 10.7. The quantitative estimate of drug-likeness (QED) is 0.440. The second-order valence-electron chi connectivity index (χ2n) is 3.10. The number of carbonyl (C=O) groups excluding carboxylic acids is 1. The lowest BCUT2D eigenvalue weighted by molar-refractivity contribution is 0.239. The number of carbonyl (C=O) groups is 1. The first kappa shape index (κ1) is 9.79. The molecule has 0 saturated heterocycles. The zero-order chi connectivity index (χ0) is 10.1. The number of primary amides is 1. The highest BCUT2D eigenvalue weighted by Gasteiger charge is 2.27. The fourth-order valence-corrected chi connectivity index (χ4v) is 1.65. The summed E-state index contributed by atoms with van der Waals surface area (Å²) in [5, 5.41) is 8.79. The minimum absolute atomic E-state index is 0.469. The standard InChI is InChI=1S/C7H12N4OS/c1-4-3-7(2,10-5(8)12)11-6(13)9-4/h3H,1-2H3,(H3,8,10,12)(H2,9,11,13). The first-order valence-electron chi connectivity index (χ1n) is 3.77. The fraction of sp³-hybridized carbons (Fsp3) is 0.429. The molecule has 0 aromatic rings. The van der Waals surface area contributed by atoms with Crippen LogP contribution in [0.15, 0.2) is 11.8 Å². The number of urea groups is 1. The van der Waals surface area contributed by atoms with Gasteiger partial charge in [-0.3, -0.25) is 0 Å². The summed E-state index contributed by atoms with van der Waals surface area (Å²) >= 11 is 4.93. The molecule has 1 unspecified atom stereocenters. The van der Waals surface area contributed by atoms with Crippen molar-refractivity contribution in [3.8, 4) is 0 Å². The topological polar surface area (TPSA) is 79.2 Å². The van der Waals surface area contributed by atoms with Crippen LogP contribution in [0.4, 0.5) is 4.79 Å². The zero-order valence-corrected chi connectivity index (χ0v) is 8.29. The van der Waals surface area contributed by atoms with Crippen LogP contribution in [-0.2, 0) is 0 Å². The summed E-state index contributed by atoms with van der Waals surface area (Å²) < 4.78 is 0. The summed E-state index contributed by atoms with van der Waals surface area (Å²) in [4.78, 5) is 10.7. The smallest absolute Gasteiger partial charge is 0.314 e. The Hall–Kier alpha value is -1.30. The van der Waals surface area contributed by atoms with Crippen LogP contribution in [0.2, 0.25) is 0 Å². The number of thiocarbonyl (C=S) groups is 1. The van der Waals surface area contributed by atoms with E-state index in [0.29, 0.717) is 5.11 Å². The summed E-state index contributed by atoms with van der Waals surface area (Å²) in [5.41, 5.74) is 5.20. The summed E-state index contributed by atoms with van der Waals surface area (Å²) in [6, 6.07) is -0.594. The lowest BCUT2D eigenvalue weighted by Gasteiger charge is -2.34. The number of rotatable bonds is 1. The van der Waals surface area contributed by atoms with Gasteiger partial charge in [-0.05, 0) is 32.1 Å². The van der Waals surface area contributed by atoms with E-state index in [1.54, 1.807) is 13.0 Å². The van der Waals surface area contributed by atoms with Gasteiger partial charge >= 0.3 is 6.03 Å². The van der Waals surface area contributed by atoms with Crippen molar-refractivity contribution in [1.82, 2.24) is 16.0 Å². The van der Waals surface area contributed by atoms with E-state index < -0.39 is 11.7 Å². The molecule has 5 N–H and O–H groups in total. The highest BCUT2D eigenvalue weighted by Crippen LogP contribution is 2.08. The molecule has 0 bridgehead atoms. The first-order chi connectivity index (χ1) is 5.91. The van der Waals surface area contributed by atoms with Crippen molar-refractivity contribution in [2.75, 3.05) is 0 Å². The van der Waals surface area contributed by atoms with Crippen LogP contribution in [0.1, 0.15) is 13.8 Å². The summed E-state index contributed by atoms with van der Waals surface area (Å²) in [6.45, 7) is 3.63. The maximum Gasteiger partial charge on any atom is 0.314 e. The average molecular weight is 200 g/mol. The van der Waals surface area contributed by atoms with E-state index in [1.807, 2.05) is 6.92 Å². The van der Waals surface area contributed by atoms with Gasteiger partial charge in [0.15, 0.2) is 5.11 Å². The Morgan fingerprint density at radius 1 is 1.77 bits per heavy atom. The molecule has 1 heterocycles. The van der Waals surface area contributed by atoms with Gasteiger partial charge in [0, 0.05) is 5.70 Å². The number of nitrogens with one attached hydrogen (secondary N) is 3. The van der Waals surface area contributed by atoms with E-state index in [0.717, 1.165) is 5.70 Å². The Morgan fingerprint density at radius 3 is 2.85 bits per heavy atom. The van der Waals surface area contributed by atoms with Gasteiger partial charge in [0.2, 0.25) is 0 Å². The number of amides is 2. The molecule has 1 rings (SSSR count). The summed E-state index contributed by atoms with van der Waals surface area (Å²) in [6.07, 6.45) is 1.80. The molecular weight excluding hydrogens is 188 g/mol. The molecule has 0 radical (unpaired) electrons. The molecule has 0 aromatic carbocycles. The highest BCUT2D eigenvalue weighted by molar-refractivity contribution is 7.80. The minimum atomic E-state index is -0.696. The van der Waals surface area contributed by atoms with Gasteiger partial charge in [0.1, 0.15) is 5.66 Å². The Kier molecular flexibility index (Phi) is 2.42. The minimum Gasteiger partial charge on any atom is -0.352 e. The molecule has 0 fully saturated rings. The first-order valence-corrected chi connectivity index (χ1v) is 4.18. The van der Waals surface area contributed by atoms with Gasteiger partial charge in [-0.15, -0.1) is 0 Å². The van der Waals surface area contributed by atoms with E-state index in [9.17, 15) is 4.79 Å². The van der Waals surface area contributed by atoms with E-state index in [-0.39, 0.29) is 0 Å². The van der Waals surface area contributed by atoms with Crippen molar-refractivity contribution in [2.24, 2.45) is 5.73 Å². The highest BCUT2D eigenvalue weighted by atomic mass is 32.1. The van der Waals surface area contributed by atoms with Crippen LogP contribution in [0.3, 0.4) is 0 Å². The molecular formula is C7H12N4OS. The SMILES string of the molecule is CC1=CC(C)(NC(N)=O)NC(=S)N1. The number of allylic oxidation sites excluding steroid dienone is 1. The van der Waals surface area contributed by atoms with Gasteiger partial charge < -0.3 is 21.7 Å². The van der Waals surface area contributed by atoms with Crippen molar-refractivity contribution in [3.05, 3.63) is 11.8 Å². The maximum absolute atomic E-state index is 10.7.